The molecule has 0 aromatic heterocycles. The van der Waals surface area contributed by atoms with Crippen molar-refractivity contribution in [2.24, 2.45) is 17.8 Å². The summed E-state index contributed by atoms with van der Waals surface area (Å²) in [5.74, 6) is -3.67. The van der Waals surface area contributed by atoms with Gasteiger partial charge in [-0.1, -0.05) is 84.0 Å². The first kappa shape index (κ1) is 29.1. The molecular formula is C33H43F5. The van der Waals surface area contributed by atoms with Crippen LogP contribution in [0.25, 0.3) is 11.1 Å². The molecule has 0 unspecified atom stereocenters. The standard InChI is InChI=1S/C33H43F5/c1-2-3-4-7-22-10-12-23(13-11-22)8-5-6-9-24-14-16-25(17-15-24)26-18-28(34)32(29(35)19-26)27-20-30(36)33(38)31(37)21-27/h18-25H,2-17H2,1H3/t22-,23-,24?,25?. The predicted molar refractivity (Wildman–Crippen MR) is 144 cm³/mol. The molecule has 2 aromatic rings. The summed E-state index contributed by atoms with van der Waals surface area (Å²) in [6, 6.07) is 3.82. The van der Waals surface area contributed by atoms with E-state index in [0.29, 0.717) is 23.6 Å². The zero-order chi connectivity index (χ0) is 27.1. The monoisotopic (exact) mass is 534 g/mol. The van der Waals surface area contributed by atoms with Gasteiger partial charge in [0.05, 0.1) is 5.56 Å². The van der Waals surface area contributed by atoms with E-state index in [4.69, 9.17) is 0 Å². The van der Waals surface area contributed by atoms with E-state index in [0.717, 1.165) is 37.5 Å². The second kappa shape index (κ2) is 13.9. The second-order valence-electron chi connectivity index (χ2n) is 12.0. The van der Waals surface area contributed by atoms with Crippen molar-refractivity contribution in [3.05, 3.63) is 58.9 Å². The minimum Gasteiger partial charge on any atom is -0.206 e. The Hall–Kier alpha value is -1.91. The lowest BCUT2D eigenvalue weighted by Gasteiger charge is -2.30. The van der Waals surface area contributed by atoms with Crippen molar-refractivity contribution in [1.29, 1.82) is 0 Å². The zero-order valence-corrected chi connectivity index (χ0v) is 22.8. The van der Waals surface area contributed by atoms with E-state index in [1.807, 2.05) is 0 Å². The van der Waals surface area contributed by atoms with Crippen LogP contribution >= 0.6 is 0 Å². The molecule has 2 aliphatic rings. The van der Waals surface area contributed by atoms with Crippen molar-refractivity contribution in [2.75, 3.05) is 0 Å². The first-order valence-electron chi connectivity index (χ1n) is 15.0. The largest absolute Gasteiger partial charge is 0.206 e. The molecule has 0 atom stereocenters. The van der Waals surface area contributed by atoms with Gasteiger partial charge in [-0.15, -0.1) is 0 Å². The van der Waals surface area contributed by atoms with E-state index in [-0.39, 0.29) is 11.5 Å². The van der Waals surface area contributed by atoms with Crippen LogP contribution in [0.15, 0.2) is 24.3 Å². The Morgan fingerprint density at radius 1 is 0.553 bits per heavy atom. The van der Waals surface area contributed by atoms with E-state index < -0.39 is 34.6 Å². The summed E-state index contributed by atoms with van der Waals surface area (Å²) in [7, 11) is 0. The summed E-state index contributed by atoms with van der Waals surface area (Å²) >= 11 is 0. The average molecular weight is 535 g/mol. The summed E-state index contributed by atoms with van der Waals surface area (Å²) < 4.78 is 70.2. The Labute approximate surface area is 225 Å². The van der Waals surface area contributed by atoms with Gasteiger partial charge < -0.3 is 0 Å². The summed E-state index contributed by atoms with van der Waals surface area (Å²) in [5, 5.41) is 0. The van der Waals surface area contributed by atoms with Gasteiger partial charge in [-0.05, 0) is 84.7 Å². The number of halogens is 5. The van der Waals surface area contributed by atoms with Gasteiger partial charge in [0.25, 0.3) is 0 Å². The highest BCUT2D eigenvalue weighted by atomic mass is 19.2. The molecule has 2 saturated carbocycles. The molecule has 38 heavy (non-hydrogen) atoms. The summed E-state index contributed by atoms with van der Waals surface area (Å²) in [6.07, 6.45) is 20.3. The molecule has 2 aromatic carbocycles. The molecule has 0 nitrogen and oxygen atoms in total. The van der Waals surface area contributed by atoms with E-state index >= 15 is 0 Å². The number of hydrogen-bond acceptors (Lipinski definition) is 0. The maximum absolute atomic E-state index is 14.9. The first-order chi connectivity index (χ1) is 18.4. The fourth-order valence-electron chi connectivity index (χ4n) is 6.95. The highest BCUT2D eigenvalue weighted by Crippen LogP contribution is 2.40. The highest BCUT2D eigenvalue weighted by molar-refractivity contribution is 5.65. The van der Waals surface area contributed by atoms with Gasteiger partial charge in [0.1, 0.15) is 11.6 Å². The lowest BCUT2D eigenvalue weighted by atomic mass is 9.76. The van der Waals surface area contributed by atoms with E-state index in [2.05, 4.69) is 6.92 Å². The van der Waals surface area contributed by atoms with Gasteiger partial charge in [-0.3, -0.25) is 0 Å². The van der Waals surface area contributed by atoms with E-state index in [1.165, 1.54) is 89.2 Å². The van der Waals surface area contributed by atoms with Crippen molar-refractivity contribution in [2.45, 2.75) is 116 Å². The average Bonchev–Trinajstić information content (AvgIpc) is 2.90. The lowest BCUT2D eigenvalue weighted by Crippen LogP contribution is -2.15. The molecule has 4 rings (SSSR count). The van der Waals surface area contributed by atoms with Gasteiger partial charge >= 0.3 is 0 Å². The summed E-state index contributed by atoms with van der Waals surface area (Å²) in [6.45, 7) is 2.27. The van der Waals surface area contributed by atoms with Crippen LogP contribution in [0.3, 0.4) is 0 Å². The smallest absolute Gasteiger partial charge is 0.194 e. The predicted octanol–water partition coefficient (Wildman–Crippen LogP) is 11.3. The molecule has 0 spiro atoms. The molecule has 210 valence electrons. The van der Waals surface area contributed by atoms with Crippen LogP contribution < -0.4 is 0 Å². The van der Waals surface area contributed by atoms with E-state index in [1.54, 1.807) is 0 Å². The minimum absolute atomic E-state index is 0.0819. The molecule has 0 N–H and O–H groups in total. The molecule has 0 aliphatic heterocycles. The van der Waals surface area contributed by atoms with Crippen molar-refractivity contribution in [3.63, 3.8) is 0 Å². The fraction of sp³-hybridized carbons (Fsp3) is 0.636. The quantitative estimate of drug-likeness (QED) is 0.153. The molecule has 0 amide bonds. The van der Waals surface area contributed by atoms with Crippen LogP contribution in [0.1, 0.15) is 121 Å². The number of rotatable bonds is 11. The Morgan fingerprint density at radius 3 is 1.42 bits per heavy atom. The van der Waals surface area contributed by atoms with Crippen LogP contribution in [0.5, 0.6) is 0 Å². The van der Waals surface area contributed by atoms with E-state index in [9.17, 15) is 22.0 Å². The molecule has 2 aliphatic carbocycles. The summed E-state index contributed by atoms with van der Waals surface area (Å²) in [4.78, 5) is 0. The Morgan fingerprint density at radius 2 is 0.974 bits per heavy atom. The third kappa shape index (κ3) is 7.60. The number of hydrogen-bond donors (Lipinski definition) is 0. The fourth-order valence-corrected chi connectivity index (χ4v) is 6.95. The van der Waals surface area contributed by atoms with Gasteiger partial charge in [-0.25, -0.2) is 22.0 Å². The zero-order valence-electron chi connectivity index (χ0n) is 22.8. The van der Waals surface area contributed by atoms with Crippen LogP contribution in [-0.2, 0) is 0 Å². The number of benzene rings is 2. The van der Waals surface area contributed by atoms with Crippen molar-refractivity contribution in [1.82, 2.24) is 0 Å². The second-order valence-corrected chi connectivity index (χ2v) is 12.0. The molecule has 5 heteroatoms. The summed E-state index contributed by atoms with van der Waals surface area (Å²) in [5.41, 5.74) is -0.271. The molecule has 0 heterocycles. The van der Waals surface area contributed by atoms with Crippen molar-refractivity contribution >= 4 is 0 Å². The molecule has 0 bridgehead atoms. The van der Waals surface area contributed by atoms with Gasteiger partial charge in [0.2, 0.25) is 0 Å². The maximum atomic E-state index is 14.9. The topological polar surface area (TPSA) is 0 Å². The molecule has 0 radical (unpaired) electrons. The van der Waals surface area contributed by atoms with Gasteiger partial charge in [-0.2, -0.15) is 0 Å². The highest BCUT2D eigenvalue weighted by Gasteiger charge is 2.26. The maximum Gasteiger partial charge on any atom is 0.194 e. The normalized spacial score (nSPS) is 24.1. The molecular weight excluding hydrogens is 491 g/mol. The first-order valence-corrected chi connectivity index (χ1v) is 15.0. The Kier molecular flexibility index (Phi) is 10.7. The van der Waals surface area contributed by atoms with Crippen LogP contribution in [0.2, 0.25) is 0 Å². The van der Waals surface area contributed by atoms with Crippen LogP contribution in [0.4, 0.5) is 22.0 Å². The Bertz CT molecular complexity index is 986. The van der Waals surface area contributed by atoms with Gasteiger partial charge in [0, 0.05) is 0 Å². The third-order valence-corrected chi connectivity index (χ3v) is 9.31. The lowest BCUT2D eigenvalue weighted by molar-refractivity contribution is 0.240. The van der Waals surface area contributed by atoms with Crippen LogP contribution in [-0.4, -0.2) is 0 Å². The van der Waals surface area contributed by atoms with Crippen molar-refractivity contribution < 1.29 is 22.0 Å². The van der Waals surface area contributed by atoms with Gasteiger partial charge in [0.15, 0.2) is 17.5 Å². The molecule has 0 saturated heterocycles. The number of unbranched alkanes of at least 4 members (excludes halogenated alkanes) is 3. The van der Waals surface area contributed by atoms with Crippen molar-refractivity contribution in [3.8, 4) is 11.1 Å². The Balaban J connectivity index is 1.19. The third-order valence-electron chi connectivity index (χ3n) is 9.31. The van der Waals surface area contributed by atoms with Crippen LogP contribution in [0, 0.1) is 46.8 Å². The SMILES string of the molecule is CCCCC[C@H]1CC[C@H](CCCCC2CCC(c3cc(F)c(-c4cc(F)c(F)c(F)c4)c(F)c3)CC2)CC1. The minimum atomic E-state index is -1.65. The molecule has 2 fully saturated rings.